The van der Waals surface area contributed by atoms with Crippen molar-refractivity contribution in [1.82, 2.24) is 19.5 Å². The molecule has 2 aromatic heterocycles. The van der Waals surface area contributed by atoms with Gasteiger partial charge in [-0.1, -0.05) is 12.1 Å². The lowest BCUT2D eigenvalue weighted by Crippen LogP contribution is -2.39. The molecule has 36 heavy (non-hydrogen) atoms. The molecule has 0 bridgehead atoms. The first-order valence-corrected chi connectivity index (χ1v) is 11.8. The number of piperidine rings is 1. The van der Waals surface area contributed by atoms with Crippen molar-refractivity contribution >= 4 is 22.9 Å². The van der Waals surface area contributed by atoms with Gasteiger partial charge in [-0.15, -0.1) is 0 Å². The van der Waals surface area contributed by atoms with E-state index in [-0.39, 0.29) is 24.0 Å². The lowest BCUT2D eigenvalue weighted by Gasteiger charge is -2.29. The summed E-state index contributed by atoms with van der Waals surface area (Å²) >= 11 is 0. The zero-order chi connectivity index (χ0) is 25.1. The quantitative estimate of drug-likeness (QED) is 0.347. The monoisotopic (exact) mass is 489 g/mol. The number of anilines is 2. The van der Waals surface area contributed by atoms with Crippen LogP contribution in [0.15, 0.2) is 61.1 Å². The smallest absolute Gasteiger partial charge is 0.252 e. The van der Waals surface area contributed by atoms with E-state index < -0.39 is 5.91 Å². The third kappa shape index (κ3) is 5.29. The summed E-state index contributed by atoms with van der Waals surface area (Å²) in [4.78, 5) is 19.0. The van der Waals surface area contributed by atoms with Crippen LogP contribution in [-0.4, -0.2) is 44.5 Å². The summed E-state index contributed by atoms with van der Waals surface area (Å²) in [6.07, 6.45) is 5.35. The van der Waals surface area contributed by atoms with Gasteiger partial charge in [-0.25, -0.2) is 13.9 Å². The van der Waals surface area contributed by atoms with Crippen molar-refractivity contribution < 1.29 is 13.9 Å². The Labute approximate surface area is 207 Å². The van der Waals surface area contributed by atoms with Gasteiger partial charge in [0.2, 0.25) is 0 Å². The molecule has 5 rings (SSSR count). The molecular weight excluding hydrogens is 461 g/mol. The highest BCUT2D eigenvalue weighted by Crippen LogP contribution is 2.28. The van der Waals surface area contributed by atoms with Crippen LogP contribution < -0.4 is 21.5 Å². The minimum atomic E-state index is -0.632. The normalized spacial score (nSPS) is 14.7. The van der Waals surface area contributed by atoms with E-state index in [0.29, 0.717) is 22.8 Å². The first-order chi connectivity index (χ1) is 17.5. The third-order valence-electron chi connectivity index (χ3n) is 6.35. The van der Waals surface area contributed by atoms with Crippen molar-refractivity contribution in [3.63, 3.8) is 0 Å². The second-order valence-electron chi connectivity index (χ2n) is 8.98. The standard InChI is InChI=1S/C26H28FN7O2/c27-19-3-1-2-17(12-19)15-36-23-5-4-21(13-22(23)25(29)35)32-26-24-18(6-11-34(24)31-16-30-26)14-33-9-7-20(28)8-10-33/h1-6,11-13,16,20H,7-10,14-15,28H2,(H2,29,35)(H,30,31,32). The van der Waals surface area contributed by atoms with E-state index in [1.165, 1.54) is 18.5 Å². The van der Waals surface area contributed by atoms with Crippen LogP contribution in [0, 0.1) is 5.82 Å². The molecule has 1 aliphatic heterocycles. The second-order valence-corrected chi connectivity index (χ2v) is 8.98. The van der Waals surface area contributed by atoms with Gasteiger partial charge in [0, 0.05) is 24.5 Å². The summed E-state index contributed by atoms with van der Waals surface area (Å²) in [5.74, 6) is -0.0534. The van der Waals surface area contributed by atoms with Crippen molar-refractivity contribution in [3.8, 4) is 5.75 Å². The van der Waals surface area contributed by atoms with Crippen LogP contribution in [0.3, 0.4) is 0 Å². The van der Waals surface area contributed by atoms with E-state index in [1.54, 1.807) is 34.8 Å². The van der Waals surface area contributed by atoms with Gasteiger partial charge in [0.1, 0.15) is 30.0 Å². The molecule has 1 fully saturated rings. The largest absolute Gasteiger partial charge is 0.488 e. The number of carbonyl (C=O) groups excluding carboxylic acids is 1. The lowest BCUT2D eigenvalue weighted by atomic mass is 10.1. The number of fused-ring (bicyclic) bond motifs is 1. The topological polar surface area (TPSA) is 124 Å². The van der Waals surface area contributed by atoms with Crippen LogP contribution in [0.5, 0.6) is 5.75 Å². The van der Waals surface area contributed by atoms with Crippen molar-refractivity contribution in [1.29, 1.82) is 0 Å². The number of nitrogens with two attached hydrogens (primary N) is 2. The number of halogens is 1. The summed E-state index contributed by atoms with van der Waals surface area (Å²) < 4.78 is 21.0. The molecule has 1 saturated heterocycles. The highest BCUT2D eigenvalue weighted by atomic mass is 19.1. The number of primary amides is 1. The molecule has 0 spiro atoms. The second kappa shape index (κ2) is 10.3. The molecule has 3 heterocycles. The molecule has 4 aromatic rings. The predicted molar refractivity (Wildman–Crippen MR) is 134 cm³/mol. The Kier molecular flexibility index (Phi) is 6.79. The Bertz CT molecular complexity index is 1380. The molecule has 1 amide bonds. The van der Waals surface area contributed by atoms with Crippen LogP contribution in [0.2, 0.25) is 0 Å². The number of hydrogen-bond acceptors (Lipinski definition) is 7. The highest BCUT2D eigenvalue weighted by molar-refractivity contribution is 5.97. The maximum atomic E-state index is 13.5. The molecule has 0 atom stereocenters. The maximum Gasteiger partial charge on any atom is 0.252 e. The zero-order valence-corrected chi connectivity index (χ0v) is 19.7. The average Bonchev–Trinajstić information content (AvgIpc) is 3.28. The number of ether oxygens (including phenoxy) is 1. The van der Waals surface area contributed by atoms with E-state index in [1.807, 2.05) is 12.3 Å². The summed E-state index contributed by atoms with van der Waals surface area (Å²) in [7, 11) is 0. The van der Waals surface area contributed by atoms with Crippen molar-refractivity contribution in [2.24, 2.45) is 11.5 Å². The SMILES string of the molecule is NC(=O)c1cc(Nc2ncnn3ccc(CN4CCC(N)CC4)c23)ccc1OCc1cccc(F)c1. The van der Waals surface area contributed by atoms with Gasteiger partial charge in [-0.05, 0) is 73.5 Å². The number of carbonyl (C=O) groups is 1. The van der Waals surface area contributed by atoms with Crippen LogP contribution in [0.1, 0.15) is 34.3 Å². The Morgan fingerprint density at radius 2 is 2.00 bits per heavy atom. The number of nitrogens with one attached hydrogen (secondary N) is 1. The van der Waals surface area contributed by atoms with Crippen LogP contribution in [0.4, 0.5) is 15.9 Å². The van der Waals surface area contributed by atoms with Gasteiger partial charge in [0.25, 0.3) is 5.91 Å². The Hall–Kier alpha value is -4.02. The molecular formula is C26H28FN7O2. The highest BCUT2D eigenvalue weighted by Gasteiger charge is 2.19. The van der Waals surface area contributed by atoms with Crippen LogP contribution in [0.25, 0.3) is 5.52 Å². The number of likely N-dealkylation sites (tertiary alicyclic amines) is 1. The molecule has 2 aromatic carbocycles. The number of aromatic nitrogens is 3. The molecule has 10 heteroatoms. The minimum absolute atomic E-state index is 0.103. The Morgan fingerprint density at radius 3 is 2.78 bits per heavy atom. The Balaban J connectivity index is 1.37. The molecule has 1 aliphatic rings. The van der Waals surface area contributed by atoms with E-state index in [0.717, 1.165) is 43.6 Å². The number of nitrogens with zero attached hydrogens (tertiary/aromatic N) is 4. The molecule has 5 N–H and O–H groups in total. The first-order valence-electron chi connectivity index (χ1n) is 11.8. The van der Waals surface area contributed by atoms with E-state index >= 15 is 0 Å². The summed E-state index contributed by atoms with van der Waals surface area (Å²) in [6, 6.07) is 13.5. The molecule has 0 unspecified atom stereocenters. The fourth-order valence-electron chi connectivity index (χ4n) is 4.44. The fourth-order valence-corrected chi connectivity index (χ4v) is 4.44. The third-order valence-corrected chi connectivity index (χ3v) is 6.35. The van der Waals surface area contributed by atoms with Crippen LogP contribution in [-0.2, 0) is 13.2 Å². The van der Waals surface area contributed by atoms with Gasteiger partial charge in [0.05, 0.1) is 5.56 Å². The van der Waals surface area contributed by atoms with Gasteiger partial charge in [-0.2, -0.15) is 5.10 Å². The van der Waals surface area contributed by atoms with E-state index in [9.17, 15) is 9.18 Å². The average molecular weight is 490 g/mol. The lowest BCUT2D eigenvalue weighted by molar-refractivity contribution is 0.0996. The van der Waals surface area contributed by atoms with Crippen molar-refractivity contribution in [2.45, 2.75) is 32.0 Å². The van der Waals surface area contributed by atoms with Crippen molar-refractivity contribution in [2.75, 3.05) is 18.4 Å². The summed E-state index contributed by atoms with van der Waals surface area (Å²) in [6.45, 7) is 2.78. The molecule has 186 valence electrons. The van der Waals surface area contributed by atoms with Gasteiger partial charge in [-0.3, -0.25) is 9.69 Å². The molecule has 0 radical (unpaired) electrons. The molecule has 0 aliphatic carbocycles. The van der Waals surface area contributed by atoms with Gasteiger partial charge < -0.3 is 21.5 Å². The first kappa shape index (κ1) is 23.7. The Morgan fingerprint density at radius 1 is 1.17 bits per heavy atom. The van der Waals surface area contributed by atoms with Crippen molar-refractivity contribution in [3.05, 3.63) is 83.6 Å². The number of amides is 1. The van der Waals surface area contributed by atoms with E-state index in [2.05, 4.69) is 20.3 Å². The minimum Gasteiger partial charge on any atom is -0.488 e. The van der Waals surface area contributed by atoms with E-state index in [4.69, 9.17) is 16.2 Å². The summed E-state index contributed by atoms with van der Waals surface area (Å²) in [5.41, 5.74) is 15.1. The van der Waals surface area contributed by atoms with Gasteiger partial charge >= 0.3 is 0 Å². The molecule has 9 nitrogen and oxygen atoms in total. The number of benzene rings is 2. The van der Waals surface area contributed by atoms with Gasteiger partial charge in [0.15, 0.2) is 5.82 Å². The fraction of sp³-hybridized carbons (Fsp3) is 0.269. The predicted octanol–water partition coefficient (Wildman–Crippen LogP) is 3.21. The maximum absolute atomic E-state index is 13.5. The molecule has 0 saturated carbocycles. The number of rotatable bonds is 8. The number of hydrogen-bond donors (Lipinski definition) is 3. The zero-order valence-electron chi connectivity index (χ0n) is 19.7. The summed E-state index contributed by atoms with van der Waals surface area (Å²) in [5, 5.41) is 7.63. The van der Waals surface area contributed by atoms with Crippen LogP contribution >= 0.6 is 0 Å².